The van der Waals surface area contributed by atoms with Gasteiger partial charge >= 0.3 is 0 Å². The zero-order valence-corrected chi connectivity index (χ0v) is 14.6. The maximum Gasteiger partial charge on any atom is 0.220 e. The van der Waals surface area contributed by atoms with Gasteiger partial charge in [0, 0.05) is 22.1 Å². The number of para-hydroxylation sites is 1. The monoisotopic (exact) mass is 349 g/mol. The van der Waals surface area contributed by atoms with Crippen LogP contribution >= 0.6 is 23.4 Å². The third-order valence-corrected chi connectivity index (χ3v) is 4.45. The van der Waals surface area contributed by atoms with E-state index in [1.54, 1.807) is 11.8 Å². The molecule has 1 amide bonds. The van der Waals surface area contributed by atoms with Crippen LogP contribution in [0.2, 0.25) is 5.02 Å². The van der Waals surface area contributed by atoms with Crippen molar-refractivity contribution in [1.82, 2.24) is 5.32 Å². The molecule has 2 aromatic carbocycles. The van der Waals surface area contributed by atoms with Crippen LogP contribution in [0.25, 0.3) is 0 Å². The van der Waals surface area contributed by atoms with E-state index in [-0.39, 0.29) is 5.91 Å². The second-order valence-corrected chi connectivity index (χ2v) is 6.62. The third-order valence-electron chi connectivity index (χ3n) is 3.19. The van der Waals surface area contributed by atoms with Crippen molar-refractivity contribution in [1.29, 1.82) is 0 Å². The molecule has 0 aliphatic heterocycles. The summed E-state index contributed by atoms with van der Waals surface area (Å²) in [6.07, 6.45) is 0.484. The number of hydrogen-bond donors (Lipinski definition) is 1. The van der Waals surface area contributed by atoms with Crippen molar-refractivity contribution in [2.24, 2.45) is 0 Å². The van der Waals surface area contributed by atoms with Gasteiger partial charge in [0.1, 0.15) is 12.4 Å². The molecule has 0 heterocycles. The first-order valence-electron chi connectivity index (χ1n) is 7.48. The fraction of sp³-hybridized carbons (Fsp3) is 0.278. The number of carbonyl (C=O) groups excluding carboxylic acids is 1. The quantitative estimate of drug-likeness (QED) is 0.569. The minimum Gasteiger partial charge on any atom is -0.491 e. The lowest BCUT2D eigenvalue weighted by atomic mass is 10.2. The molecule has 2 aromatic rings. The molecular formula is C18H20ClNO2S. The number of amides is 1. The molecule has 5 heteroatoms. The average molecular weight is 350 g/mol. The van der Waals surface area contributed by atoms with E-state index in [9.17, 15) is 4.79 Å². The highest BCUT2D eigenvalue weighted by Gasteiger charge is 2.03. The Hall–Kier alpha value is -1.65. The molecule has 0 unspecified atom stereocenters. The first-order valence-corrected chi connectivity index (χ1v) is 8.85. The summed E-state index contributed by atoms with van der Waals surface area (Å²) in [5, 5.41) is 3.59. The Labute approximate surface area is 146 Å². The Kier molecular flexibility index (Phi) is 7.30. The first kappa shape index (κ1) is 17.7. The van der Waals surface area contributed by atoms with Crippen molar-refractivity contribution < 1.29 is 9.53 Å². The van der Waals surface area contributed by atoms with Crippen LogP contribution in [0.5, 0.6) is 5.75 Å². The lowest BCUT2D eigenvalue weighted by Gasteiger charge is -2.09. The SMILES string of the molecule is Cc1ccccc1OCCNC(=O)CCSc1ccc(Cl)cc1. The zero-order chi connectivity index (χ0) is 16.5. The van der Waals surface area contributed by atoms with Crippen molar-refractivity contribution in [3.05, 3.63) is 59.1 Å². The van der Waals surface area contributed by atoms with Crippen LogP contribution in [0.1, 0.15) is 12.0 Å². The van der Waals surface area contributed by atoms with Gasteiger partial charge in [-0.3, -0.25) is 4.79 Å². The van der Waals surface area contributed by atoms with Crippen LogP contribution < -0.4 is 10.1 Å². The molecule has 23 heavy (non-hydrogen) atoms. The molecule has 0 aliphatic rings. The van der Waals surface area contributed by atoms with E-state index in [2.05, 4.69) is 5.32 Å². The summed E-state index contributed by atoms with van der Waals surface area (Å²) in [5.41, 5.74) is 1.10. The highest BCUT2D eigenvalue weighted by molar-refractivity contribution is 7.99. The average Bonchev–Trinajstić information content (AvgIpc) is 2.55. The van der Waals surface area contributed by atoms with Crippen LogP contribution in [0, 0.1) is 6.92 Å². The van der Waals surface area contributed by atoms with Crippen molar-refractivity contribution in [2.45, 2.75) is 18.2 Å². The van der Waals surface area contributed by atoms with E-state index in [1.807, 2.05) is 55.5 Å². The molecule has 3 nitrogen and oxygen atoms in total. The van der Waals surface area contributed by atoms with Gasteiger partial charge in [-0.1, -0.05) is 29.8 Å². The molecule has 1 N–H and O–H groups in total. The molecule has 0 atom stereocenters. The Morgan fingerprint density at radius 3 is 2.65 bits per heavy atom. The lowest BCUT2D eigenvalue weighted by Crippen LogP contribution is -2.28. The standard InChI is InChI=1S/C18H20ClNO2S/c1-14-4-2-3-5-17(14)22-12-11-20-18(21)10-13-23-16-8-6-15(19)7-9-16/h2-9H,10-13H2,1H3,(H,20,21). The van der Waals surface area contributed by atoms with Crippen molar-refractivity contribution >= 4 is 29.3 Å². The molecule has 0 saturated heterocycles. The van der Waals surface area contributed by atoms with Crippen LogP contribution in [-0.4, -0.2) is 24.8 Å². The van der Waals surface area contributed by atoms with Gasteiger partial charge in [-0.25, -0.2) is 0 Å². The van der Waals surface area contributed by atoms with Gasteiger partial charge in [0.05, 0.1) is 6.54 Å². The minimum absolute atomic E-state index is 0.0415. The third kappa shape index (κ3) is 6.55. The fourth-order valence-electron chi connectivity index (χ4n) is 1.95. The van der Waals surface area contributed by atoms with Crippen LogP contribution in [0.15, 0.2) is 53.4 Å². The molecule has 0 aromatic heterocycles. The van der Waals surface area contributed by atoms with Crippen LogP contribution in [0.3, 0.4) is 0 Å². The summed E-state index contributed by atoms with van der Waals surface area (Å²) in [4.78, 5) is 12.9. The Balaban J connectivity index is 1.58. The number of hydrogen-bond acceptors (Lipinski definition) is 3. The number of rotatable bonds is 8. The van der Waals surface area contributed by atoms with Gasteiger partial charge in [0.2, 0.25) is 5.91 Å². The molecule has 0 aliphatic carbocycles. The van der Waals surface area contributed by atoms with Crippen molar-refractivity contribution in [3.63, 3.8) is 0 Å². The number of thioether (sulfide) groups is 1. The smallest absolute Gasteiger partial charge is 0.220 e. The molecule has 122 valence electrons. The number of nitrogens with one attached hydrogen (secondary N) is 1. The first-order chi connectivity index (χ1) is 11.1. The van der Waals surface area contributed by atoms with E-state index in [0.717, 1.165) is 27.0 Å². The van der Waals surface area contributed by atoms with Crippen molar-refractivity contribution in [2.75, 3.05) is 18.9 Å². The predicted octanol–water partition coefficient (Wildman–Crippen LogP) is 4.33. The van der Waals surface area contributed by atoms with E-state index >= 15 is 0 Å². The van der Waals surface area contributed by atoms with E-state index in [1.165, 1.54) is 0 Å². The van der Waals surface area contributed by atoms with Crippen LogP contribution in [0.4, 0.5) is 0 Å². The van der Waals surface area contributed by atoms with Gasteiger partial charge in [0.15, 0.2) is 0 Å². The summed E-state index contributed by atoms with van der Waals surface area (Å²) in [6, 6.07) is 15.5. The zero-order valence-electron chi connectivity index (χ0n) is 13.0. The molecule has 0 saturated carbocycles. The van der Waals surface area contributed by atoms with E-state index in [4.69, 9.17) is 16.3 Å². The Morgan fingerprint density at radius 2 is 1.91 bits per heavy atom. The second-order valence-electron chi connectivity index (χ2n) is 5.02. The molecule has 0 fully saturated rings. The molecular weight excluding hydrogens is 330 g/mol. The fourth-order valence-corrected chi connectivity index (χ4v) is 2.93. The summed E-state index contributed by atoms with van der Waals surface area (Å²) >= 11 is 7.48. The summed E-state index contributed by atoms with van der Waals surface area (Å²) < 4.78 is 5.64. The largest absolute Gasteiger partial charge is 0.491 e. The summed E-state index contributed by atoms with van der Waals surface area (Å²) in [7, 11) is 0. The highest BCUT2D eigenvalue weighted by Crippen LogP contribution is 2.20. The molecule has 0 bridgehead atoms. The van der Waals surface area contributed by atoms with E-state index < -0.39 is 0 Å². The predicted molar refractivity (Wildman–Crippen MR) is 96.5 cm³/mol. The summed E-state index contributed by atoms with van der Waals surface area (Å²) in [6.45, 7) is 2.99. The molecule has 0 spiro atoms. The molecule has 2 rings (SSSR count). The van der Waals surface area contributed by atoms with Crippen molar-refractivity contribution in [3.8, 4) is 5.75 Å². The number of ether oxygens (including phenoxy) is 1. The van der Waals surface area contributed by atoms with Gasteiger partial charge in [0.25, 0.3) is 0 Å². The number of aryl methyl sites for hydroxylation is 1. The normalized spacial score (nSPS) is 10.3. The topological polar surface area (TPSA) is 38.3 Å². The van der Waals surface area contributed by atoms with Gasteiger partial charge in [-0.2, -0.15) is 0 Å². The van der Waals surface area contributed by atoms with Gasteiger partial charge in [-0.15, -0.1) is 11.8 Å². The second kappa shape index (κ2) is 9.48. The number of carbonyl (C=O) groups is 1. The Bertz CT molecular complexity index is 631. The Morgan fingerprint density at radius 1 is 1.17 bits per heavy atom. The number of benzene rings is 2. The van der Waals surface area contributed by atoms with Gasteiger partial charge in [-0.05, 0) is 42.8 Å². The minimum atomic E-state index is 0.0415. The maximum absolute atomic E-state index is 11.8. The van der Waals surface area contributed by atoms with E-state index in [0.29, 0.717) is 19.6 Å². The number of halogens is 1. The lowest BCUT2D eigenvalue weighted by molar-refractivity contribution is -0.120. The maximum atomic E-state index is 11.8. The van der Waals surface area contributed by atoms with Gasteiger partial charge < -0.3 is 10.1 Å². The summed E-state index contributed by atoms with van der Waals surface area (Å²) in [5.74, 6) is 1.64. The molecule has 0 radical (unpaired) electrons. The van der Waals surface area contributed by atoms with Crippen LogP contribution in [-0.2, 0) is 4.79 Å². The highest BCUT2D eigenvalue weighted by atomic mass is 35.5.